The molecular formula is C20H34O10. The van der Waals surface area contributed by atoms with Crippen LogP contribution in [0.1, 0.15) is 68.2 Å². The predicted octanol–water partition coefficient (Wildman–Crippen LogP) is 2.26. The fourth-order valence-corrected chi connectivity index (χ4v) is 2.60. The summed E-state index contributed by atoms with van der Waals surface area (Å²) in [5.41, 5.74) is -1.73. The molecule has 0 saturated carbocycles. The first-order valence-corrected chi connectivity index (χ1v) is 9.85. The number of esters is 4. The second-order valence-electron chi connectivity index (χ2n) is 7.97. The van der Waals surface area contributed by atoms with Crippen LogP contribution in [0.4, 0.5) is 0 Å². The van der Waals surface area contributed by atoms with Gasteiger partial charge in [0.2, 0.25) is 0 Å². The van der Waals surface area contributed by atoms with Crippen molar-refractivity contribution in [2.75, 3.05) is 13.2 Å². The maximum absolute atomic E-state index is 11.6. The summed E-state index contributed by atoms with van der Waals surface area (Å²) in [6, 6.07) is 0. The number of carbonyl (C=O) groups is 4. The summed E-state index contributed by atoms with van der Waals surface area (Å²) in [6.07, 6.45) is -0.787. The van der Waals surface area contributed by atoms with Crippen molar-refractivity contribution >= 4 is 23.9 Å². The molecule has 0 bridgehead atoms. The fraction of sp³-hybridized carbons (Fsp3) is 0.800. The van der Waals surface area contributed by atoms with Gasteiger partial charge in [0, 0.05) is 12.8 Å². The highest BCUT2D eigenvalue weighted by molar-refractivity contribution is 6.30. The molecule has 0 saturated heterocycles. The van der Waals surface area contributed by atoms with Crippen molar-refractivity contribution in [2.45, 2.75) is 91.6 Å². The number of hydrogen-bond donors (Lipinski definition) is 0. The third kappa shape index (κ3) is 11.7. The Labute approximate surface area is 177 Å². The third-order valence-electron chi connectivity index (χ3n) is 3.55. The number of carbonyl (C=O) groups excluding carboxylic acids is 4. The van der Waals surface area contributed by atoms with Gasteiger partial charge in [-0.2, -0.15) is 0 Å². The molecule has 0 heterocycles. The second kappa shape index (κ2) is 12.5. The molecule has 174 valence electrons. The molecular weight excluding hydrogens is 400 g/mol. The average molecular weight is 434 g/mol. The molecule has 2 atom stereocenters. The van der Waals surface area contributed by atoms with Gasteiger partial charge in [-0.25, -0.2) is 29.0 Å². The van der Waals surface area contributed by atoms with Gasteiger partial charge in [-0.15, -0.1) is 0 Å². The number of hydrogen-bond acceptors (Lipinski definition) is 10. The molecule has 0 spiro atoms. The highest BCUT2D eigenvalue weighted by atomic mass is 17.2. The summed E-state index contributed by atoms with van der Waals surface area (Å²) in [6.45, 7) is 13.5. The summed E-state index contributed by atoms with van der Waals surface area (Å²) < 4.78 is 19.2. The third-order valence-corrected chi connectivity index (χ3v) is 3.55. The number of rotatable bonds is 11. The average Bonchev–Trinajstić information content (AvgIpc) is 2.59. The normalized spacial score (nSPS) is 13.7. The van der Waals surface area contributed by atoms with E-state index in [1.54, 1.807) is 55.4 Å². The van der Waals surface area contributed by atoms with Gasteiger partial charge in [-0.05, 0) is 55.4 Å². The molecule has 0 aliphatic heterocycles. The van der Waals surface area contributed by atoms with E-state index in [-0.39, 0.29) is 26.1 Å². The van der Waals surface area contributed by atoms with E-state index in [0.717, 1.165) is 0 Å². The molecule has 0 N–H and O–H groups in total. The Morgan fingerprint density at radius 2 is 0.933 bits per heavy atom. The summed E-state index contributed by atoms with van der Waals surface area (Å²) in [5, 5.41) is 0. The molecule has 2 unspecified atom stereocenters. The standard InChI is InChI=1S/C20H34O10/c1-9-25-15(21)17(23)27-13(3)11-19(5,6)29-30-20(7,8)12-14(4)28-18(24)16(22)26-10-2/h13-14H,9-12H2,1-8H3. The minimum atomic E-state index is -1.07. The summed E-state index contributed by atoms with van der Waals surface area (Å²) >= 11 is 0. The highest BCUT2D eigenvalue weighted by Gasteiger charge is 2.32. The van der Waals surface area contributed by atoms with Gasteiger partial charge in [0.25, 0.3) is 0 Å². The number of ether oxygens (including phenoxy) is 4. The van der Waals surface area contributed by atoms with Crippen LogP contribution in [-0.2, 0) is 47.9 Å². The molecule has 0 fully saturated rings. The largest absolute Gasteiger partial charge is 0.458 e. The molecule has 0 amide bonds. The first-order valence-electron chi connectivity index (χ1n) is 9.85. The van der Waals surface area contributed by atoms with E-state index in [0.29, 0.717) is 0 Å². The molecule has 0 radical (unpaired) electrons. The Balaban J connectivity index is 4.57. The minimum Gasteiger partial charge on any atom is -0.458 e. The van der Waals surface area contributed by atoms with E-state index in [4.69, 9.17) is 19.2 Å². The lowest BCUT2D eigenvalue weighted by Gasteiger charge is -2.33. The zero-order valence-corrected chi connectivity index (χ0v) is 19.1. The SMILES string of the molecule is CCOC(=O)C(=O)OC(C)CC(C)(C)OOC(C)(C)CC(C)OC(=O)C(=O)OCC. The van der Waals surface area contributed by atoms with Crippen molar-refractivity contribution in [3.8, 4) is 0 Å². The van der Waals surface area contributed by atoms with Gasteiger partial charge in [0.15, 0.2) is 0 Å². The fourth-order valence-electron chi connectivity index (χ4n) is 2.60. The Kier molecular flexibility index (Phi) is 11.6. The van der Waals surface area contributed by atoms with Crippen molar-refractivity contribution in [3.05, 3.63) is 0 Å². The van der Waals surface area contributed by atoms with Crippen molar-refractivity contribution in [3.63, 3.8) is 0 Å². The Bertz CT molecular complexity index is 544. The van der Waals surface area contributed by atoms with E-state index in [1.807, 2.05) is 0 Å². The highest BCUT2D eigenvalue weighted by Crippen LogP contribution is 2.25. The maximum Gasteiger partial charge on any atom is 0.417 e. The zero-order valence-electron chi connectivity index (χ0n) is 19.1. The van der Waals surface area contributed by atoms with Gasteiger partial charge >= 0.3 is 23.9 Å². The zero-order chi connectivity index (χ0) is 23.5. The molecule has 0 aromatic carbocycles. The molecule has 0 rings (SSSR count). The summed E-state index contributed by atoms with van der Waals surface area (Å²) in [4.78, 5) is 56.9. The summed E-state index contributed by atoms with van der Waals surface area (Å²) in [5.74, 6) is -4.24. The minimum absolute atomic E-state index is 0.0767. The lowest BCUT2D eigenvalue weighted by atomic mass is 10.0. The van der Waals surface area contributed by atoms with E-state index in [1.165, 1.54) is 0 Å². The first-order chi connectivity index (χ1) is 13.7. The predicted molar refractivity (Wildman–Crippen MR) is 104 cm³/mol. The van der Waals surface area contributed by atoms with Crippen molar-refractivity contribution in [2.24, 2.45) is 0 Å². The molecule has 10 heteroatoms. The van der Waals surface area contributed by atoms with Crippen molar-refractivity contribution in [1.29, 1.82) is 0 Å². The van der Waals surface area contributed by atoms with Crippen LogP contribution in [-0.4, -0.2) is 60.5 Å². The van der Waals surface area contributed by atoms with Crippen molar-refractivity contribution in [1.82, 2.24) is 0 Å². The van der Waals surface area contributed by atoms with Crippen LogP contribution in [0.2, 0.25) is 0 Å². The lowest BCUT2D eigenvalue weighted by Crippen LogP contribution is -2.38. The Morgan fingerprint density at radius 3 is 1.20 bits per heavy atom. The van der Waals surface area contributed by atoms with Crippen LogP contribution in [0.15, 0.2) is 0 Å². The molecule has 0 aliphatic carbocycles. The lowest BCUT2D eigenvalue weighted by molar-refractivity contribution is -0.406. The van der Waals surface area contributed by atoms with Gasteiger partial charge in [0.05, 0.1) is 13.2 Å². The van der Waals surface area contributed by atoms with Crippen molar-refractivity contribution < 1.29 is 47.9 Å². The van der Waals surface area contributed by atoms with Crippen LogP contribution in [0.5, 0.6) is 0 Å². The van der Waals surface area contributed by atoms with Gasteiger partial charge in [-0.1, -0.05) is 0 Å². The molecule has 0 aliphatic rings. The van der Waals surface area contributed by atoms with Crippen LogP contribution in [0, 0.1) is 0 Å². The maximum atomic E-state index is 11.6. The molecule has 0 aromatic heterocycles. The molecule has 10 nitrogen and oxygen atoms in total. The van der Waals surface area contributed by atoms with Crippen LogP contribution in [0.25, 0.3) is 0 Å². The molecule has 30 heavy (non-hydrogen) atoms. The van der Waals surface area contributed by atoms with E-state index in [2.05, 4.69) is 9.47 Å². The van der Waals surface area contributed by atoms with E-state index >= 15 is 0 Å². The first kappa shape index (κ1) is 27.8. The van der Waals surface area contributed by atoms with Gasteiger partial charge < -0.3 is 18.9 Å². The van der Waals surface area contributed by atoms with Crippen LogP contribution < -0.4 is 0 Å². The quantitative estimate of drug-likeness (QED) is 0.157. The Morgan fingerprint density at radius 1 is 0.633 bits per heavy atom. The summed E-state index contributed by atoms with van der Waals surface area (Å²) in [7, 11) is 0. The van der Waals surface area contributed by atoms with E-state index in [9.17, 15) is 19.2 Å². The van der Waals surface area contributed by atoms with Crippen LogP contribution in [0.3, 0.4) is 0 Å². The Hall–Kier alpha value is -2.20. The smallest absolute Gasteiger partial charge is 0.417 e. The monoisotopic (exact) mass is 434 g/mol. The van der Waals surface area contributed by atoms with Gasteiger partial charge in [0.1, 0.15) is 23.4 Å². The second-order valence-corrected chi connectivity index (χ2v) is 7.97. The topological polar surface area (TPSA) is 124 Å². The molecule has 0 aromatic rings. The van der Waals surface area contributed by atoms with E-state index < -0.39 is 47.3 Å². The van der Waals surface area contributed by atoms with Crippen LogP contribution >= 0.6 is 0 Å². The van der Waals surface area contributed by atoms with Gasteiger partial charge in [-0.3, -0.25) is 0 Å².